The Labute approximate surface area is 122 Å². The summed E-state index contributed by atoms with van der Waals surface area (Å²) in [6.07, 6.45) is 3.44. The van der Waals surface area contributed by atoms with Crippen LogP contribution in [0.2, 0.25) is 0 Å². The van der Waals surface area contributed by atoms with Crippen LogP contribution in [-0.4, -0.2) is 11.0 Å². The van der Waals surface area contributed by atoms with Gasteiger partial charge in [0, 0.05) is 24.6 Å². The molecular formula is C17H15N3O. The minimum absolute atomic E-state index is 0.228. The maximum absolute atomic E-state index is 11.9. The maximum Gasteiger partial charge on any atom is 0.319 e. The number of nitrogens with zero attached hydrogens (tertiary/aromatic N) is 1. The first-order valence-corrected chi connectivity index (χ1v) is 6.74. The van der Waals surface area contributed by atoms with Gasteiger partial charge in [-0.25, -0.2) is 4.79 Å². The molecule has 0 aliphatic carbocycles. The minimum atomic E-state index is -0.228. The third-order valence-corrected chi connectivity index (χ3v) is 3.18. The smallest absolute Gasteiger partial charge is 0.319 e. The molecule has 0 saturated heterocycles. The van der Waals surface area contributed by atoms with E-state index in [0.717, 1.165) is 22.0 Å². The van der Waals surface area contributed by atoms with Crippen LogP contribution in [0.3, 0.4) is 0 Å². The lowest BCUT2D eigenvalue weighted by Crippen LogP contribution is -2.28. The monoisotopic (exact) mass is 277 g/mol. The number of anilines is 1. The van der Waals surface area contributed by atoms with E-state index in [1.165, 1.54) is 0 Å². The van der Waals surface area contributed by atoms with Gasteiger partial charge in [-0.05, 0) is 34.5 Å². The predicted molar refractivity (Wildman–Crippen MR) is 84.0 cm³/mol. The molecule has 1 heterocycles. The number of hydrogen-bond acceptors (Lipinski definition) is 2. The van der Waals surface area contributed by atoms with Crippen LogP contribution in [0.25, 0.3) is 10.8 Å². The summed E-state index contributed by atoms with van der Waals surface area (Å²) in [6.45, 7) is 0.452. The van der Waals surface area contributed by atoms with Crippen molar-refractivity contribution in [2.75, 3.05) is 5.32 Å². The van der Waals surface area contributed by atoms with Crippen LogP contribution < -0.4 is 10.6 Å². The summed E-state index contributed by atoms with van der Waals surface area (Å²) in [5, 5.41) is 7.89. The normalized spacial score (nSPS) is 10.3. The number of urea groups is 1. The topological polar surface area (TPSA) is 54.0 Å². The zero-order chi connectivity index (χ0) is 14.5. The summed E-state index contributed by atoms with van der Waals surface area (Å²) in [4.78, 5) is 15.9. The molecule has 0 atom stereocenters. The van der Waals surface area contributed by atoms with Gasteiger partial charge in [0.2, 0.25) is 0 Å². The van der Waals surface area contributed by atoms with Crippen molar-refractivity contribution in [3.05, 3.63) is 72.6 Å². The molecule has 0 spiro atoms. The number of aromatic nitrogens is 1. The van der Waals surface area contributed by atoms with Gasteiger partial charge in [-0.3, -0.25) is 4.98 Å². The SMILES string of the molecule is O=C(NCc1cccnc1)Nc1ccc2ccccc2c1. The highest BCUT2D eigenvalue weighted by Crippen LogP contribution is 2.18. The van der Waals surface area contributed by atoms with Gasteiger partial charge in [-0.15, -0.1) is 0 Å². The summed E-state index contributed by atoms with van der Waals surface area (Å²) in [7, 11) is 0. The fourth-order valence-electron chi connectivity index (χ4n) is 2.13. The molecule has 2 aromatic carbocycles. The van der Waals surface area contributed by atoms with Crippen LogP contribution in [-0.2, 0) is 6.54 Å². The molecule has 0 saturated carbocycles. The van der Waals surface area contributed by atoms with Crippen molar-refractivity contribution in [1.82, 2.24) is 10.3 Å². The number of carbonyl (C=O) groups is 1. The van der Waals surface area contributed by atoms with Gasteiger partial charge in [-0.1, -0.05) is 36.4 Å². The number of carbonyl (C=O) groups excluding carboxylic acids is 1. The molecule has 21 heavy (non-hydrogen) atoms. The van der Waals surface area contributed by atoms with Crippen molar-refractivity contribution in [2.45, 2.75) is 6.54 Å². The van der Waals surface area contributed by atoms with Crippen molar-refractivity contribution < 1.29 is 4.79 Å². The Kier molecular flexibility index (Phi) is 3.78. The van der Waals surface area contributed by atoms with Gasteiger partial charge < -0.3 is 10.6 Å². The number of fused-ring (bicyclic) bond motifs is 1. The van der Waals surface area contributed by atoms with Crippen LogP contribution in [0.1, 0.15) is 5.56 Å². The Morgan fingerprint density at radius 2 is 1.86 bits per heavy atom. The molecule has 4 heteroatoms. The summed E-state index contributed by atoms with van der Waals surface area (Å²) < 4.78 is 0. The first kappa shape index (κ1) is 13.1. The number of amides is 2. The van der Waals surface area contributed by atoms with Crippen LogP contribution >= 0.6 is 0 Å². The highest BCUT2D eigenvalue weighted by atomic mass is 16.2. The van der Waals surface area contributed by atoms with Crippen LogP contribution in [0.15, 0.2) is 67.0 Å². The molecule has 1 aromatic heterocycles. The lowest BCUT2D eigenvalue weighted by Gasteiger charge is -2.08. The van der Waals surface area contributed by atoms with Gasteiger partial charge in [0.1, 0.15) is 0 Å². The van der Waals surface area contributed by atoms with E-state index >= 15 is 0 Å². The number of pyridine rings is 1. The molecule has 0 aliphatic heterocycles. The van der Waals surface area contributed by atoms with Gasteiger partial charge in [-0.2, -0.15) is 0 Å². The summed E-state index contributed by atoms with van der Waals surface area (Å²) in [5.41, 5.74) is 1.74. The Hall–Kier alpha value is -2.88. The predicted octanol–water partition coefficient (Wildman–Crippen LogP) is 3.56. The van der Waals surface area contributed by atoms with Gasteiger partial charge in [0.15, 0.2) is 0 Å². The first-order chi connectivity index (χ1) is 10.3. The second kappa shape index (κ2) is 6.05. The number of hydrogen-bond donors (Lipinski definition) is 2. The van der Waals surface area contributed by atoms with E-state index in [4.69, 9.17) is 0 Å². The largest absolute Gasteiger partial charge is 0.334 e. The average Bonchev–Trinajstić information content (AvgIpc) is 2.54. The quantitative estimate of drug-likeness (QED) is 0.769. The lowest BCUT2D eigenvalue weighted by atomic mass is 10.1. The zero-order valence-electron chi connectivity index (χ0n) is 11.4. The highest BCUT2D eigenvalue weighted by Gasteiger charge is 2.02. The zero-order valence-corrected chi connectivity index (χ0v) is 11.4. The third-order valence-electron chi connectivity index (χ3n) is 3.18. The van der Waals surface area contributed by atoms with Crippen LogP contribution in [0.4, 0.5) is 10.5 Å². The summed E-state index contributed by atoms with van der Waals surface area (Å²) in [6, 6.07) is 17.4. The minimum Gasteiger partial charge on any atom is -0.334 e. The first-order valence-electron chi connectivity index (χ1n) is 6.74. The molecule has 0 aliphatic rings. The second-order valence-corrected chi connectivity index (χ2v) is 4.73. The third kappa shape index (κ3) is 3.36. The van der Waals surface area contributed by atoms with Crippen LogP contribution in [0, 0.1) is 0 Å². The Morgan fingerprint density at radius 1 is 1.00 bits per heavy atom. The lowest BCUT2D eigenvalue weighted by molar-refractivity contribution is 0.251. The molecule has 0 unspecified atom stereocenters. The molecule has 2 N–H and O–H groups in total. The van der Waals surface area contributed by atoms with Crippen molar-refractivity contribution in [1.29, 1.82) is 0 Å². The Bertz CT molecular complexity index is 756. The van der Waals surface area contributed by atoms with Gasteiger partial charge in [0.05, 0.1) is 0 Å². The van der Waals surface area contributed by atoms with Crippen molar-refractivity contribution in [2.24, 2.45) is 0 Å². The number of nitrogens with one attached hydrogen (secondary N) is 2. The number of rotatable bonds is 3. The van der Waals surface area contributed by atoms with E-state index in [-0.39, 0.29) is 6.03 Å². The van der Waals surface area contributed by atoms with Crippen molar-refractivity contribution in [3.8, 4) is 0 Å². The standard InChI is InChI=1S/C17H15N3O/c21-17(19-12-13-4-3-9-18-11-13)20-16-8-7-14-5-1-2-6-15(14)10-16/h1-11H,12H2,(H2,19,20,21). The molecule has 3 rings (SSSR count). The van der Waals surface area contributed by atoms with E-state index in [9.17, 15) is 4.79 Å². The molecule has 0 fully saturated rings. The Morgan fingerprint density at radius 3 is 2.67 bits per heavy atom. The molecular weight excluding hydrogens is 262 g/mol. The Balaban J connectivity index is 1.63. The van der Waals surface area contributed by atoms with Crippen molar-refractivity contribution in [3.63, 3.8) is 0 Å². The molecule has 104 valence electrons. The molecule has 4 nitrogen and oxygen atoms in total. The number of benzene rings is 2. The molecule has 0 bridgehead atoms. The van der Waals surface area contributed by atoms with E-state index in [1.807, 2.05) is 54.6 Å². The summed E-state index contributed by atoms with van der Waals surface area (Å²) in [5.74, 6) is 0. The second-order valence-electron chi connectivity index (χ2n) is 4.73. The van der Waals surface area contributed by atoms with E-state index in [1.54, 1.807) is 12.4 Å². The van der Waals surface area contributed by atoms with Crippen LogP contribution in [0.5, 0.6) is 0 Å². The average molecular weight is 277 g/mol. The van der Waals surface area contributed by atoms with Gasteiger partial charge >= 0.3 is 6.03 Å². The fraction of sp³-hybridized carbons (Fsp3) is 0.0588. The highest BCUT2D eigenvalue weighted by molar-refractivity contribution is 5.93. The fourth-order valence-corrected chi connectivity index (χ4v) is 2.13. The molecule has 2 amide bonds. The van der Waals surface area contributed by atoms with Gasteiger partial charge in [0.25, 0.3) is 0 Å². The maximum atomic E-state index is 11.9. The van der Waals surface area contributed by atoms with E-state index in [0.29, 0.717) is 6.54 Å². The van der Waals surface area contributed by atoms with E-state index in [2.05, 4.69) is 15.6 Å². The summed E-state index contributed by atoms with van der Waals surface area (Å²) >= 11 is 0. The van der Waals surface area contributed by atoms with Crippen molar-refractivity contribution >= 4 is 22.5 Å². The molecule has 0 radical (unpaired) electrons. The molecule has 3 aromatic rings. The van der Waals surface area contributed by atoms with E-state index < -0.39 is 0 Å².